The molecule has 1 heterocycles. The third-order valence-electron chi connectivity index (χ3n) is 3.13. The lowest BCUT2D eigenvalue weighted by Crippen LogP contribution is -2.32. The standard InChI is InChI=1S/C13H14Cl2FNO/c14-10-8-11(15)12(16)7-9(10)13(18)17-5-3-1-2-4-6-17/h7-8H,1-6H2. The number of halogens is 3. The van der Waals surface area contributed by atoms with Gasteiger partial charge in [0.25, 0.3) is 5.91 Å². The maximum Gasteiger partial charge on any atom is 0.255 e. The predicted molar refractivity (Wildman–Crippen MR) is 70.8 cm³/mol. The third-order valence-corrected chi connectivity index (χ3v) is 3.74. The van der Waals surface area contributed by atoms with E-state index >= 15 is 0 Å². The Morgan fingerprint density at radius 3 is 2.28 bits per heavy atom. The molecular weight excluding hydrogens is 276 g/mol. The summed E-state index contributed by atoms with van der Waals surface area (Å²) in [7, 11) is 0. The van der Waals surface area contributed by atoms with Crippen LogP contribution in [-0.2, 0) is 0 Å². The van der Waals surface area contributed by atoms with Crippen LogP contribution in [0.15, 0.2) is 12.1 Å². The first kappa shape index (κ1) is 13.6. The smallest absolute Gasteiger partial charge is 0.255 e. The minimum Gasteiger partial charge on any atom is -0.339 e. The lowest BCUT2D eigenvalue weighted by molar-refractivity contribution is 0.0761. The summed E-state index contributed by atoms with van der Waals surface area (Å²) in [6, 6.07) is 2.40. The van der Waals surface area contributed by atoms with E-state index in [0.29, 0.717) is 13.1 Å². The maximum absolute atomic E-state index is 13.4. The molecule has 1 fully saturated rings. The summed E-state index contributed by atoms with van der Waals surface area (Å²) in [4.78, 5) is 14.0. The Labute approximate surface area is 116 Å². The number of carbonyl (C=O) groups is 1. The van der Waals surface area contributed by atoms with Crippen LogP contribution in [0.1, 0.15) is 36.0 Å². The molecule has 5 heteroatoms. The van der Waals surface area contributed by atoms with Crippen molar-refractivity contribution in [3.05, 3.63) is 33.6 Å². The summed E-state index contributed by atoms with van der Waals surface area (Å²) in [5, 5.41) is 0.142. The van der Waals surface area contributed by atoms with Gasteiger partial charge in [-0.25, -0.2) is 4.39 Å². The topological polar surface area (TPSA) is 20.3 Å². The summed E-state index contributed by atoms with van der Waals surface area (Å²) >= 11 is 11.6. The van der Waals surface area contributed by atoms with Crippen LogP contribution in [0.3, 0.4) is 0 Å². The van der Waals surface area contributed by atoms with Gasteiger partial charge in [0, 0.05) is 13.1 Å². The second-order valence-corrected chi connectivity index (χ2v) is 5.27. The van der Waals surface area contributed by atoms with Gasteiger partial charge in [-0.3, -0.25) is 4.79 Å². The quantitative estimate of drug-likeness (QED) is 0.711. The number of nitrogens with zero attached hydrogens (tertiary/aromatic N) is 1. The second-order valence-electron chi connectivity index (χ2n) is 4.45. The molecule has 0 bridgehead atoms. The van der Waals surface area contributed by atoms with Gasteiger partial charge in [0.15, 0.2) is 0 Å². The molecule has 2 nitrogen and oxygen atoms in total. The molecule has 0 radical (unpaired) electrons. The Balaban J connectivity index is 2.24. The molecule has 1 saturated heterocycles. The average molecular weight is 290 g/mol. The second kappa shape index (κ2) is 5.89. The number of carbonyl (C=O) groups excluding carboxylic acids is 1. The van der Waals surface area contributed by atoms with Crippen LogP contribution in [0.2, 0.25) is 10.0 Å². The maximum atomic E-state index is 13.4. The van der Waals surface area contributed by atoms with Gasteiger partial charge in [-0.1, -0.05) is 36.0 Å². The molecule has 1 aromatic rings. The van der Waals surface area contributed by atoms with Crippen molar-refractivity contribution < 1.29 is 9.18 Å². The van der Waals surface area contributed by atoms with Crippen molar-refractivity contribution in [2.24, 2.45) is 0 Å². The summed E-state index contributed by atoms with van der Waals surface area (Å²) in [5.74, 6) is -0.822. The van der Waals surface area contributed by atoms with Crippen molar-refractivity contribution in [2.45, 2.75) is 25.7 Å². The van der Waals surface area contributed by atoms with Crippen molar-refractivity contribution in [3.8, 4) is 0 Å². The number of rotatable bonds is 1. The average Bonchev–Trinajstić information content (AvgIpc) is 2.61. The normalized spacial score (nSPS) is 16.5. The fourth-order valence-corrected chi connectivity index (χ4v) is 2.59. The lowest BCUT2D eigenvalue weighted by atomic mass is 10.2. The molecule has 18 heavy (non-hydrogen) atoms. The number of amides is 1. The first-order valence-electron chi connectivity index (χ1n) is 6.03. The van der Waals surface area contributed by atoms with Gasteiger partial charge in [0.1, 0.15) is 5.82 Å². The van der Waals surface area contributed by atoms with E-state index in [0.717, 1.165) is 31.7 Å². The van der Waals surface area contributed by atoms with E-state index in [1.54, 1.807) is 4.90 Å². The first-order chi connectivity index (χ1) is 8.59. The molecule has 1 aromatic carbocycles. The molecule has 0 aromatic heterocycles. The lowest BCUT2D eigenvalue weighted by Gasteiger charge is -2.21. The molecule has 0 spiro atoms. The van der Waals surface area contributed by atoms with Gasteiger partial charge in [-0.05, 0) is 25.0 Å². The molecule has 1 aliphatic heterocycles. The van der Waals surface area contributed by atoms with Crippen LogP contribution in [0.25, 0.3) is 0 Å². The third kappa shape index (κ3) is 2.96. The molecule has 0 aliphatic carbocycles. The zero-order valence-corrected chi connectivity index (χ0v) is 11.4. The monoisotopic (exact) mass is 289 g/mol. The van der Waals surface area contributed by atoms with Crippen molar-refractivity contribution in [1.29, 1.82) is 0 Å². The summed E-state index contributed by atoms with van der Waals surface area (Å²) in [6.07, 6.45) is 4.23. The zero-order valence-electron chi connectivity index (χ0n) is 9.89. The van der Waals surface area contributed by atoms with E-state index in [9.17, 15) is 9.18 Å². The molecule has 0 atom stereocenters. The molecule has 2 rings (SSSR count). The molecule has 98 valence electrons. The van der Waals surface area contributed by atoms with Crippen LogP contribution < -0.4 is 0 Å². The Morgan fingerprint density at radius 2 is 1.67 bits per heavy atom. The minimum atomic E-state index is -0.612. The van der Waals surface area contributed by atoms with Crippen molar-refractivity contribution >= 4 is 29.1 Å². The Kier molecular flexibility index (Phi) is 4.46. The van der Waals surface area contributed by atoms with Gasteiger partial charge in [0.05, 0.1) is 15.6 Å². The summed E-state index contributed by atoms with van der Waals surface area (Å²) < 4.78 is 13.4. The molecule has 0 N–H and O–H groups in total. The van der Waals surface area contributed by atoms with Crippen molar-refractivity contribution in [2.75, 3.05) is 13.1 Å². The SMILES string of the molecule is O=C(c1cc(F)c(Cl)cc1Cl)N1CCCCCC1. The van der Waals surface area contributed by atoms with E-state index in [1.165, 1.54) is 6.07 Å². The van der Waals surface area contributed by atoms with Crippen LogP contribution in [0.5, 0.6) is 0 Å². The number of hydrogen-bond acceptors (Lipinski definition) is 1. The van der Waals surface area contributed by atoms with E-state index in [4.69, 9.17) is 23.2 Å². The molecule has 1 amide bonds. The number of likely N-dealkylation sites (tertiary alicyclic amines) is 1. The Bertz CT molecular complexity index is 457. The van der Waals surface area contributed by atoms with Gasteiger partial charge in [-0.15, -0.1) is 0 Å². The van der Waals surface area contributed by atoms with Gasteiger partial charge in [0.2, 0.25) is 0 Å². The largest absolute Gasteiger partial charge is 0.339 e. The predicted octanol–water partition coefficient (Wildman–Crippen LogP) is 4.15. The van der Waals surface area contributed by atoms with Gasteiger partial charge >= 0.3 is 0 Å². The fourth-order valence-electron chi connectivity index (χ4n) is 2.13. The zero-order chi connectivity index (χ0) is 13.1. The van der Waals surface area contributed by atoms with E-state index in [-0.39, 0.29) is 21.5 Å². The van der Waals surface area contributed by atoms with Crippen molar-refractivity contribution in [3.63, 3.8) is 0 Å². The summed E-state index contributed by atoms with van der Waals surface area (Å²) in [5.41, 5.74) is 0.195. The Hall–Kier alpha value is -0.800. The summed E-state index contributed by atoms with van der Waals surface area (Å²) in [6.45, 7) is 1.42. The molecule has 1 aliphatic rings. The van der Waals surface area contributed by atoms with E-state index < -0.39 is 5.82 Å². The highest BCUT2D eigenvalue weighted by Gasteiger charge is 2.21. The first-order valence-corrected chi connectivity index (χ1v) is 6.79. The van der Waals surface area contributed by atoms with Crippen molar-refractivity contribution in [1.82, 2.24) is 4.90 Å². The Morgan fingerprint density at radius 1 is 1.06 bits per heavy atom. The molecule has 0 saturated carbocycles. The highest BCUT2D eigenvalue weighted by atomic mass is 35.5. The molecular formula is C13H14Cl2FNO. The van der Waals surface area contributed by atoms with Gasteiger partial charge < -0.3 is 4.90 Å². The van der Waals surface area contributed by atoms with Crippen LogP contribution >= 0.6 is 23.2 Å². The van der Waals surface area contributed by atoms with Crippen LogP contribution in [0.4, 0.5) is 4.39 Å². The number of hydrogen-bond donors (Lipinski definition) is 0. The van der Waals surface area contributed by atoms with E-state index in [2.05, 4.69) is 0 Å². The van der Waals surface area contributed by atoms with E-state index in [1.807, 2.05) is 0 Å². The molecule has 0 unspecified atom stereocenters. The minimum absolute atomic E-state index is 0.0626. The highest BCUT2D eigenvalue weighted by Crippen LogP contribution is 2.26. The highest BCUT2D eigenvalue weighted by molar-refractivity contribution is 6.36. The number of benzene rings is 1. The van der Waals surface area contributed by atoms with Crippen LogP contribution in [-0.4, -0.2) is 23.9 Å². The van der Waals surface area contributed by atoms with Gasteiger partial charge in [-0.2, -0.15) is 0 Å². The van der Waals surface area contributed by atoms with Crippen LogP contribution in [0, 0.1) is 5.82 Å². The fraction of sp³-hybridized carbons (Fsp3) is 0.462.